The highest BCUT2D eigenvalue weighted by Gasteiger charge is 2.19. The van der Waals surface area contributed by atoms with Crippen molar-refractivity contribution in [3.05, 3.63) is 29.8 Å². The van der Waals surface area contributed by atoms with Crippen molar-refractivity contribution in [1.82, 2.24) is 4.98 Å². The Bertz CT molecular complexity index is 400. The number of rotatable bonds is 6. The maximum atomic E-state index is 12.6. The standard InChI is InChI=1S/C13H16FNO2/c1-3-9(11(16)4-2)7-12(17)10-5-6-13(14)15-8-10/h5-6,8-9H,3-4,7H2,1-2H3/i14-1. The molecule has 1 aromatic heterocycles. The summed E-state index contributed by atoms with van der Waals surface area (Å²) < 4.78 is 12.6. The van der Waals surface area contributed by atoms with E-state index in [0.29, 0.717) is 18.4 Å². The van der Waals surface area contributed by atoms with Crippen LogP contribution in [-0.4, -0.2) is 16.6 Å². The second-order valence-electron chi connectivity index (χ2n) is 3.92. The summed E-state index contributed by atoms with van der Waals surface area (Å²) in [6, 6.07) is 2.55. The molecule has 0 aliphatic carbocycles. The maximum absolute atomic E-state index is 12.6. The zero-order valence-corrected chi connectivity index (χ0v) is 10.1. The lowest BCUT2D eigenvalue weighted by Crippen LogP contribution is -2.17. The first kappa shape index (κ1) is 13.5. The number of carbonyl (C=O) groups is 2. The van der Waals surface area contributed by atoms with Crippen molar-refractivity contribution in [3.63, 3.8) is 0 Å². The Balaban J connectivity index is 2.71. The zero-order valence-electron chi connectivity index (χ0n) is 10.1. The van der Waals surface area contributed by atoms with Crippen LogP contribution in [0.2, 0.25) is 0 Å². The normalized spacial score (nSPS) is 12.2. The molecule has 1 atom stereocenters. The summed E-state index contributed by atoms with van der Waals surface area (Å²) >= 11 is 0. The molecule has 0 fully saturated rings. The van der Waals surface area contributed by atoms with Crippen molar-refractivity contribution in [2.45, 2.75) is 33.1 Å². The summed E-state index contributed by atoms with van der Waals surface area (Å²) in [5, 5.41) is 0. The third kappa shape index (κ3) is 3.73. The zero-order chi connectivity index (χ0) is 12.8. The Morgan fingerprint density at radius 1 is 1.35 bits per heavy atom. The molecular weight excluding hydrogens is 220 g/mol. The lowest BCUT2D eigenvalue weighted by atomic mass is 9.92. The first-order chi connectivity index (χ1) is 8.08. The Morgan fingerprint density at radius 2 is 2.06 bits per heavy atom. The van der Waals surface area contributed by atoms with E-state index in [1.54, 1.807) is 6.92 Å². The van der Waals surface area contributed by atoms with Gasteiger partial charge in [-0.3, -0.25) is 9.59 Å². The number of aromatic nitrogens is 1. The van der Waals surface area contributed by atoms with Gasteiger partial charge in [0.2, 0.25) is 5.95 Å². The van der Waals surface area contributed by atoms with Crippen LogP contribution in [-0.2, 0) is 4.79 Å². The van der Waals surface area contributed by atoms with E-state index in [1.807, 2.05) is 6.92 Å². The smallest absolute Gasteiger partial charge is 0.212 e. The highest BCUT2D eigenvalue weighted by molar-refractivity contribution is 5.98. The Kier molecular flexibility index (Phi) is 4.94. The van der Waals surface area contributed by atoms with E-state index in [4.69, 9.17) is 0 Å². The Labute approximate surface area is 100 Å². The summed E-state index contributed by atoms with van der Waals surface area (Å²) in [6.07, 6.45) is 2.47. The molecule has 1 unspecified atom stereocenters. The van der Waals surface area contributed by atoms with Gasteiger partial charge in [0.1, 0.15) is 5.78 Å². The van der Waals surface area contributed by atoms with Gasteiger partial charge < -0.3 is 0 Å². The maximum Gasteiger partial charge on any atom is 0.212 e. The molecule has 0 bridgehead atoms. The summed E-state index contributed by atoms with van der Waals surface area (Å²) in [6.45, 7) is 3.67. The van der Waals surface area contributed by atoms with Gasteiger partial charge in [-0.15, -0.1) is 0 Å². The fraction of sp³-hybridized carbons (Fsp3) is 0.462. The number of pyridine rings is 1. The van der Waals surface area contributed by atoms with Crippen molar-refractivity contribution in [2.24, 2.45) is 5.92 Å². The van der Waals surface area contributed by atoms with E-state index in [-0.39, 0.29) is 23.9 Å². The average molecular weight is 236 g/mol. The molecule has 0 aliphatic heterocycles. The number of nitrogens with zero attached hydrogens (tertiary/aromatic N) is 1. The van der Waals surface area contributed by atoms with E-state index in [0.717, 1.165) is 6.07 Å². The second-order valence-corrected chi connectivity index (χ2v) is 3.92. The lowest BCUT2D eigenvalue weighted by Gasteiger charge is -2.11. The summed E-state index contributed by atoms with van der Waals surface area (Å²) in [7, 11) is 0. The van der Waals surface area contributed by atoms with Crippen LogP contribution in [0, 0.1) is 11.9 Å². The topological polar surface area (TPSA) is 47.0 Å². The molecule has 0 saturated carbocycles. The number of Topliss-reactive ketones (excluding diaryl/α,β-unsaturated/α-hetero) is 2. The van der Waals surface area contributed by atoms with Gasteiger partial charge >= 0.3 is 0 Å². The fourth-order valence-electron chi connectivity index (χ4n) is 1.66. The largest absolute Gasteiger partial charge is 0.299 e. The molecule has 1 heterocycles. The highest BCUT2D eigenvalue weighted by Crippen LogP contribution is 2.15. The van der Waals surface area contributed by atoms with Crippen molar-refractivity contribution >= 4 is 11.6 Å². The van der Waals surface area contributed by atoms with Gasteiger partial charge in [-0.25, -0.2) is 4.98 Å². The highest BCUT2D eigenvalue weighted by atomic mass is 18.2. The van der Waals surface area contributed by atoms with Crippen molar-refractivity contribution in [1.29, 1.82) is 0 Å². The first-order valence-electron chi connectivity index (χ1n) is 5.75. The van der Waals surface area contributed by atoms with Crippen LogP contribution in [0.15, 0.2) is 18.3 Å². The van der Waals surface area contributed by atoms with Gasteiger partial charge in [0.05, 0.1) is 0 Å². The molecule has 0 N–H and O–H groups in total. The summed E-state index contributed by atoms with van der Waals surface area (Å²) in [5.74, 6) is -0.919. The molecule has 17 heavy (non-hydrogen) atoms. The first-order valence-corrected chi connectivity index (χ1v) is 5.75. The van der Waals surface area contributed by atoms with Crippen molar-refractivity contribution < 1.29 is 14.0 Å². The SMILES string of the molecule is CCC(=O)C(CC)CC(=O)c1ccc([18F])nc1. The average Bonchev–Trinajstić information content (AvgIpc) is 2.35. The Hall–Kier alpha value is -1.58. The van der Waals surface area contributed by atoms with Gasteiger partial charge in [-0.2, -0.15) is 4.39 Å². The van der Waals surface area contributed by atoms with Crippen LogP contribution >= 0.6 is 0 Å². The van der Waals surface area contributed by atoms with E-state index in [9.17, 15) is 14.0 Å². The van der Waals surface area contributed by atoms with E-state index in [1.165, 1.54) is 12.3 Å². The second kappa shape index (κ2) is 6.23. The summed E-state index contributed by atoms with van der Waals surface area (Å²) in [5.41, 5.74) is 0.355. The number of hydrogen-bond acceptors (Lipinski definition) is 3. The van der Waals surface area contributed by atoms with Crippen LogP contribution in [0.3, 0.4) is 0 Å². The van der Waals surface area contributed by atoms with Crippen molar-refractivity contribution in [2.75, 3.05) is 0 Å². The predicted molar refractivity (Wildman–Crippen MR) is 62.2 cm³/mol. The minimum absolute atomic E-state index is 0.0934. The van der Waals surface area contributed by atoms with Crippen LogP contribution in [0.1, 0.15) is 43.5 Å². The minimum Gasteiger partial charge on any atom is -0.299 e. The molecule has 4 heteroatoms. The molecule has 0 aliphatic rings. The number of hydrogen-bond donors (Lipinski definition) is 0. The van der Waals surface area contributed by atoms with Gasteiger partial charge in [0, 0.05) is 30.5 Å². The molecule has 3 nitrogen and oxygen atoms in total. The number of ketones is 2. The van der Waals surface area contributed by atoms with Gasteiger partial charge in [0.25, 0.3) is 0 Å². The Morgan fingerprint density at radius 3 is 2.53 bits per heavy atom. The minimum atomic E-state index is -0.613. The number of carbonyl (C=O) groups excluding carboxylic acids is 2. The number of halogens is 1. The molecule has 0 saturated heterocycles. The van der Waals surface area contributed by atoms with Gasteiger partial charge in [0.15, 0.2) is 5.78 Å². The van der Waals surface area contributed by atoms with E-state index < -0.39 is 5.95 Å². The van der Waals surface area contributed by atoms with E-state index in [2.05, 4.69) is 4.98 Å². The molecular formula is C13H16FNO2. The van der Waals surface area contributed by atoms with Crippen molar-refractivity contribution in [3.8, 4) is 0 Å². The third-order valence-corrected chi connectivity index (χ3v) is 2.78. The monoisotopic (exact) mass is 236 g/mol. The van der Waals surface area contributed by atoms with Crippen LogP contribution < -0.4 is 0 Å². The van der Waals surface area contributed by atoms with Gasteiger partial charge in [-0.1, -0.05) is 13.8 Å². The molecule has 1 aromatic rings. The van der Waals surface area contributed by atoms with Crippen LogP contribution in [0.4, 0.5) is 4.39 Å². The molecule has 0 amide bonds. The molecule has 0 radical (unpaired) electrons. The van der Waals surface area contributed by atoms with E-state index >= 15 is 0 Å². The quantitative estimate of drug-likeness (QED) is 0.563. The van der Waals surface area contributed by atoms with Crippen LogP contribution in [0.5, 0.6) is 0 Å². The molecule has 92 valence electrons. The predicted octanol–water partition coefficient (Wildman–Crippen LogP) is 2.80. The molecule has 0 spiro atoms. The third-order valence-electron chi connectivity index (χ3n) is 2.78. The lowest BCUT2D eigenvalue weighted by molar-refractivity contribution is -0.122. The van der Waals surface area contributed by atoms with Gasteiger partial charge in [-0.05, 0) is 18.6 Å². The summed E-state index contributed by atoms with van der Waals surface area (Å²) in [4.78, 5) is 26.8. The molecule has 0 aromatic carbocycles. The fourth-order valence-corrected chi connectivity index (χ4v) is 1.66. The molecule has 1 rings (SSSR count). The van der Waals surface area contributed by atoms with Crippen LogP contribution in [0.25, 0.3) is 0 Å².